The first-order valence-electron chi connectivity index (χ1n) is 4.63. The standard InChI is InChI=1S/C10H10N2O5/c1-11(6-9(13)14)10(15)7-3-2-4-8(5-7)12(16)17/h2-5H,6H2,1H3,(H,13,14). The Hall–Kier alpha value is -2.44. The zero-order valence-electron chi connectivity index (χ0n) is 8.99. The summed E-state index contributed by atoms with van der Waals surface area (Å²) in [6, 6.07) is 5.14. The maximum absolute atomic E-state index is 11.7. The summed E-state index contributed by atoms with van der Waals surface area (Å²) in [5, 5.41) is 19.0. The molecule has 90 valence electrons. The van der Waals surface area contributed by atoms with Crippen LogP contribution < -0.4 is 0 Å². The number of nitro benzene ring substituents is 1. The number of likely N-dealkylation sites (N-methyl/N-ethyl adjacent to an activating group) is 1. The van der Waals surface area contributed by atoms with Crippen LogP contribution in [0.1, 0.15) is 10.4 Å². The van der Waals surface area contributed by atoms with E-state index in [0.717, 1.165) is 11.0 Å². The molecule has 0 saturated heterocycles. The Labute approximate surface area is 96.4 Å². The lowest BCUT2D eigenvalue weighted by Crippen LogP contribution is -2.31. The first-order valence-corrected chi connectivity index (χ1v) is 4.63. The van der Waals surface area contributed by atoms with E-state index in [1.54, 1.807) is 0 Å². The summed E-state index contributed by atoms with van der Waals surface area (Å²) in [6.45, 7) is -0.457. The van der Waals surface area contributed by atoms with Crippen molar-refractivity contribution in [2.45, 2.75) is 0 Å². The Morgan fingerprint density at radius 3 is 2.65 bits per heavy atom. The van der Waals surface area contributed by atoms with Crippen molar-refractivity contribution in [3.05, 3.63) is 39.9 Å². The zero-order valence-corrected chi connectivity index (χ0v) is 8.99. The number of nitro groups is 1. The monoisotopic (exact) mass is 238 g/mol. The molecule has 0 unspecified atom stereocenters. The van der Waals surface area contributed by atoms with E-state index in [1.165, 1.54) is 25.2 Å². The molecule has 1 N–H and O–H groups in total. The Kier molecular flexibility index (Phi) is 3.76. The van der Waals surface area contributed by atoms with Gasteiger partial charge in [-0.15, -0.1) is 0 Å². The molecule has 0 fully saturated rings. The van der Waals surface area contributed by atoms with Gasteiger partial charge in [-0.05, 0) is 6.07 Å². The van der Waals surface area contributed by atoms with Crippen molar-refractivity contribution in [2.24, 2.45) is 0 Å². The maximum atomic E-state index is 11.7. The van der Waals surface area contributed by atoms with Crippen molar-refractivity contribution in [3.8, 4) is 0 Å². The Morgan fingerprint density at radius 1 is 1.47 bits per heavy atom. The van der Waals surface area contributed by atoms with Crippen molar-refractivity contribution >= 4 is 17.6 Å². The minimum absolute atomic E-state index is 0.0861. The summed E-state index contributed by atoms with van der Waals surface area (Å²) in [6.07, 6.45) is 0. The summed E-state index contributed by atoms with van der Waals surface area (Å²) in [5.41, 5.74) is -0.123. The Bertz CT molecular complexity index is 472. The molecule has 1 aromatic carbocycles. The van der Waals surface area contributed by atoms with Crippen molar-refractivity contribution < 1.29 is 19.6 Å². The molecular formula is C10H10N2O5. The number of aliphatic carboxylic acids is 1. The predicted octanol–water partition coefficient (Wildman–Crippen LogP) is 0.751. The predicted molar refractivity (Wildman–Crippen MR) is 57.7 cm³/mol. The number of carbonyl (C=O) groups is 2. The van der Waals surface area contributed by atoms with Crippen LogP contribution in [0.4, 0.5) is 5.69 Å². The molecule has 1 aromatic rings. The lowest BCUT2D eigenvalue weighted by molar-refractivity contribution is -0.384. The molecule has 0 heterocycles. The number of carboxylic acid groups (broad SMARTS) is 1. The summed E-state index contributed by atoms with van der Waals surface area (Å²) in [4.78, 5) is 33.0. The molecule has 1 amide bonds. The van der Waals surface area contributed by atoms with Crippen LogP contribution in [0.25, 0.3) is 0 Å². The van der Waals surface area contributed by atoms with Crippen LogP contribution in [-0.2, 0) is 4.79 Å². The fraction of sp³-hybridized carbons (Fsp3) is 0.200. The first kappa shape index (κ1) is 12.6. The number of benzene rings is 1. The summed E-state index contributed by atoms with van der Waals surface area (Å²) in [5.74, 6) is -1.72. The average molecular weight is 238 g/mol. The average Bonchev–Trinajstić information content (AvgIpc) is 2.27. The number of carboxylic acids is 1. The molecule has 0 spiro atoms. The van der Waals surface area contributed by atoms with Gasteiger partial charge in [-0.1, -0.05) is 6.07 Å². The van der Waals surface area contributed by atoms with Gasteiger partial charge in [0, 0.05) is 24.7 Å². The number of carbonyl (C=O) groups excluding carboxylic acids is 1. The van der Waals surface area contributed by atoms with Gasteiger partial charge in [-0.25, -0.2) is 0 Å². The Morgan fingerprint density at radius 2 is 2.12 bits per heavy atom. The highest BCUT2D eigenvalue weighted by Gasteiger charge is 2.16. The number of non-ortho nitro benzene ring substituents is 1. The minimum Gasteiger partial charge on any atom is -0.480 e. The highest BCUT2D eigenvalue weighted by molar-refractivity contribution is 5.96. The van der Waals surface area contributed by atoms with Crippen LogP contribution in [0, 0.1) is 10.1 Å². The molecule has 17 heavy (non-hydrogen) atoms. The van der Waals surface area contributed by atoms with E-state index in [9.17, 15) is 19.7 Å². The van der Waals surface area contributed by atoms with E-state index < -0.39 is 23.3 Å². The lowest BCUT2D eigenvalue weighted by atomic mass is 10.2. The second-order valence-electron chi connectivity index (χ2n) is 3.36. The van der Waals surface area contributed by atoms with Gasteiger partial charge in [0.1, 0.15) is 6.54 Å². The fourth-order valence-corrected chi connectivity index (χ4v) is 1.25. The third-order valence-corrected chi connectivity index (χ3v) is 2.02. The van der Waals surface area contributed by atoms with Crippen LogP contribution >= 0.6 is 0 Å². The largest absolute Gasteiger partial charge is 0.480 e. The van der Waals surface area contributed by atoms with Gasteiger partial charge in [0.2, 0.25) is 0 Å². The van der Waals surface area contributed by atoms with E-state index in [1.807, 2.05) is 0 Å². The van der Waals surface area contributed by atoms with Gasteiger partial charge in [-0.2, -0.15) is 0 Å². The number of amides is 1. The quantitative estimate of drug-likeness (QED) is 0.616. The van der Waals surface area contributed by atoms with Gasteiger partial charge in [0.15, 0.2) is 0 Å². The number of hydrogen-bond acceptors (Lipinski definition) is 4. The third kappa shape index (κ3) is 3.26. The van der Waals surface area contributed by atoms with Gasteiger partial charge >= 0.3 is 5.97 Å². The molecule has 0 atom stereocenters. The number of nitrogens with zero attached hydrogens (tertiary/aromatic N) is 2. The highest BCUT2D eigenvalue weighted by Crippen LogP contribution is 2.14. The smallest absolute Gasteiger partial charge is 0.323 e. The minimum atomic E-state index is -1.15. The van der Waals surface area contributed by atoms with Crippen LogP contribution in [0.15, 0.2) is 24.3 Å². The molecule has 1 rings (SSSR count). The van der Waals surface area contributed by atoms with Gasteiger partial charge in [-0.3, -0.25) is 19.7 Å². The first-order chi connectivity index (χ1) is 7.91. The molecule has 0 aliphatic heterocycles. The Balaban J connectivity index is 2.92. The summed E-state index contributed by atoms with van der Waals surface area (Å²) < 4.78 is 0. The molecule has 0 aliphatic rings. The zero-order chi connectivity index (χ0) is 13.0. The molecular weight excluding hydrogens is 228 g/mol. The van der Waals surface area contributed by atoms with Gasteiger partial charge in [0.05, 0.1) is 4.92 Å². The van der Waals surface area contributed by atoms with E-state index in [0.29, 0.717) is 0 Å². The number of rotatable bonds is 4. The van der Waals surface area contributed by atoms with E-state index in [2.05, 4.69) is 0 Å². The summed E-state index contributed by atoms with van der Waals surface area (Å²) in [7, 11) is 1.31. The SMILES string of the molecule is CN(CC(=O)O)C(=O)c1cccc([N+](=O)[O-])c1. The molecule has 7 heteroatoms. The van der Waals surface area contributed by atoms with Crippen molar-refractivity contribution in [2.75, 3.05) is 13.6 Å². The third-order valence-electron chi connectivity index (χ3n) is 2.02. The molecule has 0 radical (unpaired) electrons. The molecule has 0 aliphatic carbocycles. The maximum Gasteiger partial charge on any atom is 0.323 e. The van der Waals surface area contributed by atoms with Crippen molar-refractivity contribution in [1.29, 1.82) is 0 Å². The highest BCUT2D eigenvalue weighted by atomic mass is 16.6. The van der Waals surface area contributed by atoms with Gasteiger partial charge in [0.25, 0.3) is 11.6 Å². The molecule has 0 saturated carbocycles. The van der Waals surface area contributed by atoms with Crippen LogP contribution in [0.3, 0.4) is 0 Å². The fourth-order valence-electron chi connectivity index (χ4n) is 1.25. The van der Waals surface area contributed by atoms with Crippen molar-refractivity contribution in [3.63, 3.8) is 0 Å². The van der Waals surface area contributed by atoms with Gasteiger partial charge < -0.3 is 10.0 Å². The second-order valence-corrected chi connectivity index (χ2v) is 3.36. The topological polar surface area (TPSA) is 101 Å². The lowest BCUT2D eigenvalue weighted by Gasteiger charge is -2.14. The second kappa shape index (κ2) is 5.06. The molecule has 7 nitrogen and oxygen atoms in total. The summed E-state index contributed by atoms with van der Waals surface area (Å²) >= 11 is 0. The van der Waals surface area contributed by atoms with Crippen LogP contribution in [0.5, 0.6) is 0 Å². The van der Waals surface area contributed by atoms with Crippen LogP contribution in [0.2, 0.25) is 0 Å². The van der Waals surface area contributed by atoms with E-state index in [4.69, 9.17) is 5.11 Å². The normalized spacial score (nSPS) is 9.71. The number of hydrogen-bond donors (Lipinski definition) is 1. The van der Waals surface area contributed by atoms with Crippen LogP contribution in [-0.4, -0.2) is 40.4 Å². The van der Waals surface area contributed by atoms with Crippen molar-refractivity contribution in [1.82, 2.24) is 4.90 Å². The molecule has 0 bridgehead atoms. The molecule has 0 aromatic heterocycles. The van der Waals surface area contributed by atoms with E-state index in [-0.39, 0.29) is 11.3 Å². The van der Waals surface area contributed by atoms with E-state index >= 15 is 0 Å².